The monoisotopic (exact) mass is 291 g/mol. The fourth-order valence-electron chi connectivity index (χ4n) is 1.57. The number of aromatic carboxylic acids is 1. The Morgan fingerprint density at radius 3 is 2.55 bits per heavy atom. The zero-order valence-corrected chi connectivity index (χ0v) is 11.2. The molecule has 0 atom stereocenters. The number of hydrogen-bond acceptors (Lipinski definition) is 4. The molecule has 1 heterocycles. The molecule has 2 aromatic rings. The van der Waals surface area contributed by atoms with Crippen LogP contribution in [0.2, 0.25) is 5.15 Å². The topological polar surface area (TPSA) is 92.2 Å². The van der Waals surface area contributed by atoms with Crippen molar-refractivity contribution in [2.75, 3.05) is 5.32 Å². The van der Waals surface area contributed by atoms with E-state index in [1.807, 2.05) is 0 Å². The smallest absolute Gasteiger partial charge is 0.337 e. The zero-order chi connectivity index (χ0) is 14.7. The van der Waals surface area contributed by atoms with Crippen LogP contribution in [0.4, 0.5) is 5.69 Å². The summed E-state index contributed by atoms with van der Waals surface area (Å²) in [5.41, 5.74) is 1.04. The van der Waals surface area contributed by atoms with Crippen LogP contribution in [0, 0.1) is 6.92 Å². The number of carbonyl (C=O) groups is 2. The van der Waals surface area contributed by atoms with E-state index in [4.69, 9.17) is 16.7 Å². The normalized spacial score (nSPS) is 10.1. The first kappa shape index (κ1) is 14.0. The van der Waals surface area contributed by atoms with E-state index in [0.29, 0.717) is 0 Å². The molecule has 0 aliphatic carbocycles. The second kappa shape index (κ2) is 5.66. The van der Waals surface area contributed by atoms with Crippen molar-refractivity contribution in [3.63, 3.8) is 0 Å². The number of rotatable bonds is 3. The molecule has 0 saturated carbocycles. The van der Waals surface area contributed by atoms with Crippen molar-refractivity contribution in [3.8, 4) is 0 Å². The highest BCUT2D eigenvalue weighted by atomic mass is 35.5. The predicted octanol–water partition coefficient (Wildman–Crippen LogP) is 2.39. The van der Waals surface area contributed by atoms with E-state index in [1.54, 1.807) is 13.0 Å². The van der Waals surface area contributed by atoms with Crippen LogP contribution in [0.15, 0.2) is 30.3 Å². The minimum atomic E-state index is -1.12. The van der Waals surface area contributed by atoms with Crippen molar-refractivity contribution in [1.29, 1.82) is 0 Å². The van der Waals surface area contributed by atoms with E-state index in [-0.39, 0.29) is 22.1 Å². The summed E-state index contributed by atoms with van der Waals surface area (Å²) < 4.78 is 0. The number of aryl methyl sites for hydroxylation is 1. The third kappa shape index (κ3) is 3.10. The van der Waals surface area contributed by atoms with Gasteiger partial charge in [0.25, 0.3) is 5.91 Å². The maximum Gasteiger partial charge on any atom is 0.337 e. The Labute approximate surface area is 119 Å². The fourth-order valence-corrected chi connectivity index (χ4v) is 1.67. The van der Waals surface area contributed by atoms with E-state index < -0.39 is 11.9 Å². The molecule has 0 spiro atoms. The predicted molar refractivity (Wildman–Crippen MR) is 73.1 cm³/mol. The van der Waals surface area contributed by atoms with Gasteiger partial charge in [-0.15, -0.1) is 10.2 Å². The lowest BCUT2D eigenvalue weighted by atomic mass is 10.1. The van der Waals surface area contributed by atoms with Crippen molar-refractivity contribution in [2.24, 2.45) is 0 Å². The first-order chi connectivity index (χ1) is 9.47. The molecule has 1 amide bonds. The largest absolute Gasteiger partial charge is 0.478 e. The van der Waals surface area contributed by atoms with Gasteiger partial charge < -0.3 is 10.4 Å². The third-order valence-corrected chi connectivity index (χ3v) is 2.72. The van der Waals surface area contributed by atoms with Crippen LogP contribution in [0.25, 0.3) is 0 Å². The fraction of sp³-hybridized carbons (Fsp3) is 0.0769. The summed E-state index contributed by atoms with van der Waals surface area (Å²) in [7, 11) is 0. The van der Waals surface area contributed by atoms with Crippen LogP contribution < -0.4 is 5.32 Å². The number of amides is 1. The quantitative estimate of drug-likeness (QED) is 0.906. The Morgan fingerprint density at radius 1 is 1.20 bits per heavy atom. The van der Waals surface area contributed by atoms with E-state index in [1.165, 1.54) is 24.3 Å². The number of carboxylic acid groups (broad SMARTS) is 1. The summed E-state index contributed by atoms with van der Waals surface area (Å²) in [6.07, 6.45) is 0. The Hall–Kier alpha value is -2.47. The lowest BCUT2D eigenvalue weighted by Crippen LogP contribution is -2.16. The standard InChI is InChI=1S/C13H10ClN3O3/c1-7-2-3-9(8(6-7)13(19)20)15-12(18)10-4-5-11(14)17-16-10/h2-6H,1H3,(H,15,18)(H,19,20). The van der Waals surface area contributed by atoms with Crippen LogP contribution in [0.1, 0.15) is 26.4 Å². The third-order valence-electron chi connectivity index (χ3n) is 2.52. The lowest BCUT2D eigenvalue weighted by molar-refractivity contribution is 0.0698. The Balaban J connectivity index is 2.28. The molecule has 20 heavy (non-hydrogen) atoms. The highest BCUT2D eigenvalue weighted by Gasteiger charge is 2.14. The molecule has 1 aromatic carbocycles. The van der Waals surface area contributed by atoms with Gasteiger partial charge in [-0.3, -0.25) is 4.79 Å². The number of benzene rings is 1. The number of aromatic nitrogens is 2. The molecule has 0 saturated heterocycles. The molecule has 2 N–H and O–H groups in total. The number of nitrogens with one attached hydrogen (secondary N) is 1. The minimum Gasteiger partial charge on any atom is -0.478 e. The van der Waals surface area contributed by atoms with Gasteiger partial charge in [0.05, 0.1) is 11.3 Å². The molecule has 0 radical (unpaired) electrons. The summed E-state index contributed by atoms with van der Waals surface area (Å²) >= 11 is 5.58. The molecular formula is C13H10ClN3O3. The van der Waals surface area contributed by atoms with Gasteiger partial charge in [0, 0.05) is 0 Å². The van der Waals surface area contributed by atoms with Crippen LogP contribution >= 0.6 is 11.6 Å². The second-order valence-electron chi connectivity index (χ2n) is 4.05. The summed E-state index contributed by atoms with van der Waals surface area (Å²) in [6.45, 7) is 1.77. The molecule has 1 aromatic heterocycles. The van der Waals surface area contributed by atoms with Crippen LogP contribution in [-0.4, -0.2) is 27.2 Å². The molecule has 7 heteroatoms. The lowest BCUT2D eigenvalue weighted by Gasteiger charge is -2.08. The first-order valence-electron chi connectivity index (χ1n) is 5.62. The molecule has 0 aliphatic heterocycles. The second-order valence-corrected chi connectivity index (χ2v) is 4.44. The van der Waals surface area contributed by atoms with E-state index in [9.17, 15) is 9.59 Å². The molecule has 0 aliphatic rings. The number of hydrogen-bond donors (Lipinski definition) is 2. The highest BCUT2D eigenvalue weighted by molar-refractivity contribution is 6.29. The molecule has 0 fully saturated rings. The van der Waals surface area contributed by atoms with Crippen molar-refractivity contribution >= 4 is 29.2 Å². The number of carbonyl (C=O) groups excluding carboxylic acids is 1. The molecule has 6 nitrogen and oxygen atoms in total. The van der Waals surface area contributed by atoms with E-state index >= 15 is 0 Å². The maximum absolute atomic E-state index is 11.9. The molecule has 2 rings (SSSR count). The van der Waals surface area contributed by atoms with Gasteiger partial charge in [-0.25, -0.2) is 4.79 Å². The summed E-state index contributed by atoms with van der Waals surface area (Å²) in [6, 6.07) is 7.54. The van der Waals surface area contributed by atoms with Gasteiger partial charge in [-0.05, 0) is 31.2 Å². The number of anilines is 1. The Morgan fingerprint density at radius 2 is 1.95 bits per heavy atom. The van der Waals surface area contributed by atoms with Gasteiger partial charge in [-0.2, -0.15) is 0 Å². The highest BCUT2D eigenvalue weighted by Crippen LogP contribution is 2.18. The minimum absolute atomic E-state index is 0.0141. The van der Waals surface area contributed by atoms with Gasteiger partial charge >= 0.3 is 5.97 Å². The van der Waals surface area contributed by atoms with Crippen molar-refractivity contribution in [1.82, 2.24) is 10.2 Å². The van der Waals surface area contributed by atoms with Crippen molar-refractivity contribution < 1.29 is 14.7 Å². The van der Waals surface area contributed by atoms with Crippen LogP contribution in [0.5, 0.6) is 0 Å². The summed E-state index contributed by atoms with van der Waals surface area (Å²) in [5.74, 6) is -1.67. The van der Waals surface area contributed by atoms with Gasteiger partial charge in [0.1, 0.15) is 0 Å². The summed E-state index contributed by atoms with van der Waals surface area (Å²) in [5, 5.41) is 18.9. The summed E-state index contributed by atoms with van der Waals surface area (Å²) in [4.78, 5) is 23.1. The number of carboxylic acids is 1. The zero-order valence-electron chi connectivity index (χ0n) is 10.4. The molecule has 102 valence electrons. The van der Waals surface area contributed by atoms with E-state index in [0.717, 1.165) is 5.56 Å². The Kier molecular flexibility index (Phi) is 3.95. The average molecular weight is 292 g/mol. The molecule has 0 bridgehead atoms. The van der Waals surface area contributed by atoms with Gasteiger partial charge in [0.2, 0.25) is 0 Å². The van der Waals surface area contributed by atoms with E-state index in [2.05, 4.69) is 15.5 Å². The van der Waals surface area contributed by atoms with Crippen LogP contribution in [-0.2, 0) is 0 Å². The average Bonchev–Trinajstić information content (AvgIpc) is 2.41. The SMILES string of the molecule is Cc1ccc(NC(=O)c2ccc(Cl)nn2)c(C(=O)O)c1. The maximum atomic E-state index is 11.9. The van der Waals surface area contributed by atoms with Crippen LogP contribution in [0.3, 0.4) is 0 Å². The van der Waals surface area contributed by atoms with Gasteiger partial charge in [0.15, 0.2) is 10.8 Å². The number of nitrogens with zero attached hydrogens (tertiary/aromatic N) is 2. The van der Waals surface area contributed by atoms with Crippen molar-refractivity contribution in [2.45, 2.75) is 6.92 Å². The molecular weight excluding hydrogens is 282 g/mol. The number of halogens is 1. The van der Waals surface area contributed by atoms with Gasteiger partial charge in [-0.1, -0.05) is 23.2 Å². The first-order valence-corrected chi connectivity index (χ1v) is 5.99. The van der Waals surface area contributed by atoms with Crippen molar-refractivity contribution in [3.05, 3.63) is 52.3 Å². The Bertz CT molecular complexity index is 671. The molecule has 0 unspecified atom stereocenters.